The third-order valence-corrected chi connectivity index (χ3v) is 3.86. The third-order valence-electron chi connectivity index (χ3n) is 3.86. The summed E-state index contributed by atoms with van der Waals surface area (Å²) in [6, 6.07) is 8.94. The average Bonchev–Trinajstić information content (AvgIpc) is 2.91. The maximum absolute atomic E-state index is 4.63. The molecule has 0 unspecified atom stereocenters. The average molecular weight is 240 g/mol. The van der Waals surface area contributed by atoms with E-state index >= 15 is 0 Å². The lowest BCUT2D eigenvalue weighted by Gasteiger charge is -2.18. The SMILES string of the molecule is CCc1cc(C)nc2ccc(N3CCCC3)cc12. The van der Waals surface area contributed by atoms with E-state index in [1.807, 2.05) is 0 Å². The van der Waals surface area contributed by atoms with Crippen molar-refractivity contribution >= 4 is 16.6 Å². The largest absolute Gasteiger partial charge is 0.372 e. The minimum atomic E-state index is 1.07. The van der Waals surface area contributed by atoms with Gasteiger partial charge in [0.05, 0.1) is 5.52 Å². The first-order chi connectivity index (χ1) is 8.78. The Morgan fingerprint density at radius 1 is 1.17 bits per heavy atom. The normalized spacial score (nSPS) is 15.6. The van der Waals surface area contributed by atoms with Gasteiger partial charge in [-0.15, -0.1) is 0 Å². The molecule has 1 saturated heterocycles. The fourth-order valence-electron chi connectivity index (χ4n) is 2.90. The number of aromatic nitrogens is 1. The lowest BCUT2D eigenvalue weighted by Crippen LogP contribution is -2.17. The molecule has 0 radical (unpaired) electrons. The summed E-state index contributed by atoms with van der Waals surface area (Å²) in [5.74, 6) is 0. The summed E-state index contributed by atoms with van der Waals surface area (Å²) in [5.41, 5.74) is 5.03. The van der Waals surface area contributed by atoms with E-state index in [-0.39, 0.29) is 0 Å². The molecule has 0 N–H and O–H groups in total. The first kappa shape index (κ1) is 11.5. The summed E-state index contributed by atoms with van der Waals surface area (Å²) in [6.45, 7) is 6.70. The third kappa shape index (κ3) is 1.96. The van der Waals surface area contributed by atoms with Crippen LogP contribution < -0.4 is 4.90 Å². The van der Waals surface area contributed by atoms with Crippen LogP contribution in [0, 0.1) is 6.92 Å². The van der Waals surface area contributed by atoms with E-state index < -0.39 is 0 Å². The maximum atomic E-state index is 4.63. The van der Waals surface area contributed by atoms with Crippen LogP contribution in [0.2, 0.25) is 0 Å². The molecule has 2 nitrogen and oxygen atoms in total. The monoisotopic (exact) mass is 240 g/mol. The van der Waals surface area contributed by atoms with Crippen molar-refractivity contribution in [2.45, 2.75) is 33.1 Å². The molecule has 2 heterocycles. The zero-order valence-corrected chi connectivity index (χ0v) is 11.2. The van der Waals surface area contributed by atoms with Crippen LogP contribution in [0.4, 0.5) is 5.69 Å². The summed E-state index contributed by atoms with van der Waals surface area (Å²) in [5, 5.41) is 1.33. The Morgan fingerprint density at radius 2 is 1.94 bits per heavy atom. The Kier molecular flexibility index (Phi) is 2.94. The Balaban J connectivity index is 2.12. The topological polar surface area (TPSA) is 16.1 Å². The van der Waals surface area contributed by atoms with Gasteiger partial charge in [-0.25, -0.2) is 0 Å². The Morgan fingerprint density at radius 3 is 2.67 bits per heavy atom. The number of nitrogens with zero attached hydrogens (tertiary/aromatic N) is 2. The molecule has 1 aromatic heterocycles. The molecule has 94 valence electrons. The zero-order chi connectivity index (χ0) is 12.5. The molecule has 1 aliphatic rings. The molecule has 1 aliphatic heterocycles. The lowest BCUT2D eigenvalue weighted by molar-refractivity contribution is 0.949. The molecule has 0 atom stereocenters. The van der Waals surface area contributed by atoms with Gasteiger partial charge in [0.25, 0.3) is 0 Å². The van der Waals surface area contributed by atoms with Gasteiger partial charge in [-0.1, -0.05) is 6.92 Å². The van der Waals surface area contributed by atoms with Crippen LogP contribution in [0.25, 0.3) is 10.9 Å². The van der Waals surface area contributed by atoms with Gasteiger partial charge in [-0.05, 0) is 56.0 Å². The molecule has 0 bridgehead atoms. The Bertz CT molecular complexity index is 569. The highest BCUT2D eigenvalue weighted by molar-refractivity contribution is 5.86. The van der Waals surface area contributed by atoms with Crippen LogP contribution in [-0.4, -0.2) is 18.1 Å². The van der Waals surface area contributed by atoms with Crippen molar-refractivity contribution in [2.24, 2.45) is 0 Å². The molecular formula is C16H20N2. The molecule has 2 heteroatoms. The van der Waals surface area contributed by atoms with Gasteiger partial charge in [0.1, 0.15) is 0 Å². The van der Waals surface area contributed by atoms with Crippen molar-refractivity contribution in [3.8, 4) is 0 Å². The van der Waals surface area contributed by atoms with E-state index in [0.717, 1.165) is 17.6 Å². The zero-order valence-electron chi connectivity index (χ0n) is 11.2. The first-order valence-electron chi connectivity index (χ1n) is 6.93. The molecule has 0 aliphatic carbocycles. The number of rotatable bonds is 2. The molecule has 3 rings (SSSR count). The molecular weight excluding hydrogens is 220 g/mol. The van der Waals surface area contributed by atoms with E-state index in [1.165, 1.54) is 42.6 Å². The second-order valence-corrected chi connectivity index (χ2v) is 5.17. The predicted molar refractivity (Wildman–Crippen MR) is 77.3 cm³/mol. The second kappa shape index (κ2) is 4.60. The number of aryl methyl sites for hydroxylation is 2. The van der Waals surface area contributed by atoms with E-state index in [9.17, 15) is 0 Å². The minimum absolute atomic E-state index is 1.07. The quantitative estimate of drug-likeness (QED) is 0.795. The Hall–Kier alpha value is -1.57. The Labute approximate surface area is 109 Å². The number of benzene rings is 1. The summed E-state index contributed by atoms with van der Waals surface area (Å²) in [4.78, 5) is 7.12. The van der Waals surface area contributed by atoms with Crippen LogP contribution in [-0.2, 0) is 6.42 Å². The number of hydrogen-bond acceptors (Lipinski definition) is 2. The van der Waals surface area contributed by atoms with Crippen LogP contribution in [0.5, 0.6) is 0 Å². The van der Waals surface area contributed by atoms with E-state index in [1.54, 1.807) is 0 Å². The highest BCUT2D eigenvalue weighted by Gasteiger charge is 2.13. The number of fused-ring (bicyclic) bond motifs is 1. The number of hydrogen-bond donors (Lipinski definition) is 0. The first-order valence-corrected chi connectivity index (χ1v) is 6.93. The van der Waals surface area contributed by atoms with Crippen LogP contribution in [0.1, 0.15) is 31.0 Å². The minimum Gasteiger partial charge on any atom is -0.372 e. The maximum Gasteiger partial charge on any atom is 0.0709 e. The van der Waals surface area contributed by atoms with Gasteiger partial charge in [-0.2, -0.15) is 0 Å². The predicted octanol–water partition coefficient (Wildman–Crippen LogP) is 3.71. The molecule has 0 spiro atoms. The molecule has 0 saturated carbocycles. The van der Waals surface area contributed by atoms with Crippen molar-refractivity contribution in [1.82, 2.24) is 4.98 Å². The van der Waals surface area contributed by atoms with Crippen molar-refractivity contribution < 1.29 is 0 Å². The smallest absolute Gasteiger partial charge is 0.0709 e. The summed E-state index contributed by atoms with van der Waals surface area (Å²) in [6.07, 6.45) is 3.72. The van der Waals surface area contributed by atoms with Crippen molar-refractivity contribution in [3.05, 3.63) is 35.5 Å². The van der Waals surface area contributed by atoms with Gasteiger partial charge in [-0.3, -0.25) is 4.98 Å². The summed E-state index contributed by atoms with van der Waals surface area (Å²) < 4.78 is 0. The van der Waals surface area contributed by atoms with Gasteiger partial charge in [0, 0.05) is 29.9 Å². The summed E-state index contributed by atoms with van der Waals surface area (Å²) >= 11 is 0. The highest BCUT2D eigenvalue weighted by Crippen LogP contribution is 2.27. The van der Waals surface area contributed by atoms with Gasteiger partial charge in [0.15, 0.2) is 0 Å². The number of pyridine rings is 1. The van der Waals surface area contributed by atoms with Crippen LogP contribution in [0.15, 0.2) is 24.3 Å². The standard InChI is InChI=1S/C16H20N2/c1-3-13-10-12(2)17-16-7-6-14(11-15(13)16)18-8-4-5-9-18/h6-7,10-11H,3-5,8-9H2,1-2H3. The van der Waals surface area contributed by atoms with Crippen LogP contribution in [0.3, 0.4) is 0 Å². The van der Waals surface area contributed by atoms with Gasteiger partial charge >= 0.3 is 0 Å². The molecule has 2 aromatic rings. The van der Waals surface area contributed by atoms with Crippen LogP contribution >= 0.6 is 0 Å². The molecule has 18 heavy (non-hydrogen) atoms. The second-order valence-electron chi connectivity index (χ2n) is 5.17. The van der Waals surface area contributed by atoms with Gasteiger partial charge < -0.3 is 4.90 Å². The number of anilines is 1. The fourth-order valence-corrected chi connectivity index (χ4v) is 2.90. The van der Waals surface area contributed by atoms with Crippen molar-refractivity contribution in [2.75, 3.05) is 18.0 Å². The van der Waals surface area contributed by atoms with Crippen molar-refractivity contribution in [1.29, 1.82) is 0 Å². The molecule has 0 amide bonds. The molecule has 1 fully saturated rings. The van der Waals surface area contributed by atoms with E-state index in [0.29, 0.717) is 0 Å². The van der Waals surface area contributed by atoms with Gasteiger partial charge in [0.2, 0.25) is 0 Å². The van der Waals surface area contributed by atoms with E-state index in [2.05, 4.69) is 48.0 Å². The van der Waals surface area contributed by atoms with Crippen molar-refractivity contribution in [3.63, 3.8) is 0 Å². The lowest BCUT2D eigenvalue weighted by atomic mass is 10.0. The molecule has 1 aromatic carbocycles. The highest BCUT2D eigenvalue weighted by atomic mass is 15.1. The van der Waals surface area contributed by atoms with E-state index in [4.69, 9.17) is 0 Å². The fraction of sp³-hybridized carbons (Fsp3) is 0.438. The summed E-state index contributed by atoms with van der Waals surface area (Å²) in [7, 11) is 0.